The maximum absolute atomic E-state index is 3.29. The average Bonchev–Trinajstić information content (AvgIpc) is 2.03. The van der Waals surface area contributed by atoms with Crippen molar-refractivity contribution >= 4 is 0 Å². The highest BCUT2D eigenvalue weighted by atomic mass is 14.8. The Morgan fingerprint density at radius 1 is 1.27 bits per heavy atom. The minimum Gasteiger partial charge on any atom is -0.317 e. The number of hydrogen-bond acceptors (Lipinski definition) is 1. The summed E-state index contributed by atoms with van der Waals surface area (Å²) in [6.07, 6.45) is 10.8. The topological polar surface area (TPSA) is 12.0 Å². The standard InChI is InChI=1S/C10H19N/c1-3-5-6-7-8-9-10-11-4-2/h3,5-7,11H,4,8-10H2,1-2H3/b5-3-,7-6-. The lowest BCUT2D eigenvalue weighted by Crippen LogP contribution is -2.13. The Morgan fingerprint density at radius 3 is 2.73 bits per heavy atom. The highest BCUT2D eigenvalue weighted by Gasteiger charge is 1.80. The summed E-state index contributed by atoms with van der Waals surface area (Å²) < 4.78 is 0. The van der Waals surface area contributed by atoms with Crippen LogP contribution >= 0.6 is 0 Å². The van der Waals surface area contributed by atoms with Crippen LogP contribution in [0.4, 0.5) is 0 Å². The van der Waals surface area contributed by atoms with E-state index < -0.39 is 0 Å². The molecule has 0 rings (SSSR count). The lowest BCUT2D eigenvalue weighted by molar-refractivity contribution is 0.679. The van der Waals surface area contributed by atoms with E-state index in [2.05, 4.69) is 30.5 Å². The Hall–Kier alpha value is -0.560. The molecule has 0 unspecified atom stereocenters. The van der Waals surface area contributed by atoms with Gasteiger partial charge in [-0.05, 0) is 32.9 Å². The monoisotopic (exact) mass is 153 g/mol. The number of nitrogens with one attached hydrogen (secondary N) is 1. The maximum atomic E-state index is 3.29. The Morgan fingerprint density at radius 2 is 2.09 bits per heavy atom. The van der Waals surface area contributed by atoms with Gasteiger partial charge in [-0.1, -0.05) is 31.2 Å². The van der Waals surface area contributed by atoms with Crippen molar-refractivity contribution in [2.75, 3.05) is 13.1 Å². The van der Waals surface area contributed by atoms with Crippen molar-refractivity contribution in [3.8, 4) is 0 Å². The molecule has 11 heavy (non-hydrogen) atoms. The summed E-state index contributed by atoms with van der Waals surface area (Å²) in [6.45, 7) is 6.38. The Labute approximate surface area is 70.2 Å². The van der Waals surface area contributed by atoms with Crippen molar-refractivity contribution in [1.29, 1.82) is 0 Å². The van der Waals surface area contributed by atoms with Crippen molar-refractivity contribution in [2.24, 2.45) is 0 Å². The van der Waals surface area contributed by atoms with E-state index in [1.54, 1.807) is 0 Å². The zero-order chi connectivity index (χ0) is 8.36. The van der Waals surface area contributed by atoms with Crippen molar-refractivity contribution in [2.45, 2.75) is 26.7 Å². The number of hydrogen-bond donors (Lipinski definition) is 1. The third-order valence-electron chi connectivity index (χ3n) is 1.41. The van der Waals surface area contributed by atoms with Gasteiger partial charge in [-0.15, -0.1) is 0 Å². The first-order chi connectivity index (χ1) is 5.41. The van der Waals surface area contributed by atoms with Gasteiger partial charge in [0.25, 0.3) is 0 Å². The fourth-order valence-corrected chi connectivity index (χ4v) is 0.808. The third kappa shape index (κ3) is 9.44. The van der Waals surface area contributed by atoms with Gasteiger partial charge < -0.3 is 5.32 Å². The quantitative estimate of drug-likeness (QED) is 0.456. The zero-order valence-electron chi connectivity index (χ0n) is 7.64. The summed E-state index contributed by atoms with van der Waals surface area (Å²) in [7, 11) is 0. The van der Waals surface area contributed by atoms with Gasteiger partial charge in [-0.3, -0.25) is 0 Å². The third-order valence-corrected chi connectivity index (χ3v) is 1.41. The highest BCUT2D eigenvalue weighted by molar-refractivity contribution is 5.00. The van der Waals surface area contributed by atoms with E-state index in [-0.39, 0.29) is 0 Å². The van der Waals surface area contributed by atoms with Crippen molar-refractivity contribution in [1.82, 2.24) is 5.32 Å². The minimum absolute atomic E-state index is 1.08. The molecule has 0 saturated carbocycles. The fraction of sp³-hybridized carbons (Fsp3) is 0.600. The molecule has 0 aliphatic rings. The summed E-state index contributed by atoms with van der Waals surface area (Å²) in [5.74, 6) is 0. The molecule has 64 valence electrons. The highest BCUT2D eigenvalue weighted by Crippen LogP contribution is 1.89. The van der Waals surface area contributed by atoms with Crippen LogP contribution in [0.2, 0.25) is 0 Å². The van der Waals surface area contributed by atoms with E-state index in [9.17, 15) is 0 Å². The van der Waals surface area contributed by atoms with E-state index >= 15 is 0 Å². The van der Waals surface area contributed by atoms with Crippen LogP contribution in [-0.2, 0) is 0 Å². The van der Waals surface area contributed by atoms with Gasteiger partial charge in [0.15, 0.2) is 0 Å². The smallest absolute Gasteiger partial charge is 0.00461 e. The van der Waals surface area contributed by atoms with E-state index in [1.165, 1.54) is 12.8 Å². The lowest BCUT2D eigenvalue weighted by atomic mass is 10.3. The van der Waals surface area contributed by atoms with Crippen LogP contribution in [0.1, 0.15) is 26.7 Å². The molecule has 0 bridgehead atoms. The maximum Gasteiger partial charge on any atom is -0.00461 e. The molecule has 1 nitrogen and oxygen atoms in total. The minimum atomic E-state index is 1.08. The van der Waals surface area contributed by atoms with Crippen LogP contribution < -0.4 is 5.32 Å². The molecule has 0 aromatic carbocycles. The van der Waals surface area contributed by atoms with Crippen LogP contribution in [0.15, 0.2) is 24.3 Å². The first-order valence-electron chi connectivity index (χ1n) is 4.40. The second-order valence-corrected chi connectivity index (χ2v) is 2.45. The van der Waals surface area contributed by atoms with Crippen molar-refractivity contribution in [3.63, 3.8) is 0 Å². The molecule has 0 radical (unpaired) electrons. The second-order valence-electron chi connectivity index (χ2n) is 2.45. The van der Waals surface area contributed by atoms with Crippen molar-refractivity contribution < 1.29 is 0 Å². The predicted molar refractivity (Wildman–Crippen MR) is 51.7 cm³/mol. The van der Waals surface area contributed by atoms with E-state index in [0.29, 0.717) is 0 Å². The van der Waals surface area contributed by atoms with Crippen LogP contribution in [0.3, 0.4) is 0 Å². The van der Waals surface area contributed by atoms with Gasteiger partial charge in [0.1, 0.15) is 0 Å². The molecule has 0 spiro atoms. The second kappa shape index (κ2) is 9.44. The van der Waals surface area contributed by atoms with Gasteiger partial charge in [0.2, 0.25) is 0 Å². The van der Waals surface area contributed by atoms with Gasteiger partial charge in [0.05, 0.1) is 0 Å². The summed E-state index contributed by atoms with van der Waals surface area (Å²) in [5, 5.41) is 3.29. The number of unbranched alkanes of at least 4 members (excludes halogenated alkanes) is 1. The first kappa shape index (κ1) is 10.4. The van der Waals surface area contributed by atoms with Gasteiger partial charge in [-0.2, -0.15) is 0 Å². The molecule has 0 aromatic heterocycles. The number of rotatable bonds is 6. The van der Waals surface area contributed by atoms with Gasteiger partial charge >= 0.3 is 0 Å². The molecule has 0 aliphatic carbocycles. The normalized spacial score (nSPS) is 11.8. The number of allylic oxidation sites excluding steroid dienone is 4. The van der Waals surface area contributed by atoms with E-state index in [1.807, 2.05) is 13.0 Å². The summed E-state index contributed by atoms with van der Waals surface area (Å²) in [4.78, 5) is 0. The Balaban J connectivity index is 3.01. The summed E-state index contributed by atoms with van der Waals surface area (Å²) >= 11 is 0. The molecule has 1 N–H and O–H groups in total. The average molecular weight is 153 g/mol. The molecule has 0 aromatic rings. The molecule has 0 saturated heterocycles. The molecule has 0 atom stereocenters. The molecule has 0 aliphatic heterocycles. The van der Waals surface area contributed by atoms with E-state index in [4.69, 9.17) is 0 Å². The largest absolute Gasteiger partial charge is 0.317 e. The van der Waals surface area contributed by atoms with Gasteiger partial charge in [-0.25, -0.2) is 0 Å². The van der Waals surface area contributed by atoms with E-state index in [0.717, 1.165) is 13.1 Å². The molecular formula is C10H19N. The molecule has 1 heteroatoms. The van der Waals surface area contributed by atoms with Crippen LogP contribution in [0.5, 0.6) is 0 Å². The summed E-state index contributed by atoms with van der Waals surface area (Å²) in [6, 6.07) is 0. The lowest BCUT2D eigenvalue weighted by Gasteiger charge is -1.96. The zero-order valence-corrected chi connectivity index (χ0v) is 7.64. The summed E-state index contributed by atoms with van der Waals surface area (Å²) in [5.41, 5.74) is 0. The van der Waals surface area contributed by atoms with Crippen molar-refractivity contribution in [3.05, 3.63) is 24.3 Å². The SMILES string of the molecule is C/C=C\C=C/CCCNCC. The Kier molecular flexibility index (Phi) is 8.96. The van der Waals surface area contributed by atoms with Crippen LogP contribution in [-0.4, -0.2) is 13.1 Å². The van der Waals surface area contributed by atoms with Gasteiger partial charge in [0, 0.05) is 0 Å². The Bertz CT molecular complexity index is 114. The molecule has 0 fully saturated rings. The first-order valence-corrected chi connectivity index (χ1v) is 4.40. The predicted octanol–water partition coefficient (Wildman–Crippen LogP) is 2.51. The molecule has 0 amide bonds. The van der Waals surface area contributed by atoms with Crippen LogP contribution in [0.25, 0.3) is 0 Å². The fourth-order valence-electron chi connectivity index (χ4n) is 0.808. The molecule has 0 heterocycles. The van der Waals surface area contributed by atoms with Crippen LogP contribution in [0, 0.1) is 0 Å². The molecular weight excluding hydrogens is 134 g/mol.